The fraction of sp³-hybridized carbons (Fsp3) is 0.292. The molecule has 1 aliphatic rings. The van der Waals surface area contributed by atoms with Crippen LogP contribution in [-0.2, 0) is 19.4 Å². The first kappa shape index (κ1) is 22.3. The van der Waals surface area contributed by atoms with E-state index in [2.05, 4.69) is 21.6 Å². The summed E-state index contributed by atoms with van der Waals surface area (Å²) in [6.45, 7) is 2.90. The number of halogens is 3. The van der Waals surface area contributed by atoms with Gasteiger partial charge in [0.15, 0.2) is 0 Å². The zero-order valence-electron chi connectivity index (χ0n) is 18.1. The molecule has 0 saturated carbocycles. The van der Waals surface area contributed by atoms with Gasteiger partial charge in [-0.1, -0.05) is 0 Å². The molecule has 3 aromatic heterocycles. The Bertz CT molecular complexity index is 1360. The summed E-state index contributed by atoms with van der Waals surface area (Å²) in [6, 6.07) is 8.58. The molecule has 172 valence electrons. The fourth-order valence-electron chi connectivity index (χ4n) is 4.13. The number of hydrogen-bond acceptors (Lipinski definition) is 3. The molecule has 1 aliphatic heterocycles. The molecule has 33 heavy (non-hydrogen) atoms. The van der Waals surface area contributed by atoms with Crippen LogP contribution in [0.2, 0.25) is 5.02 Å². The van der Waals surface area contributed by atoms with Gasteiger partial charge >= 0.3 is 203 Å². The summed E-state index contributed by atoms with van der Waals surface area (Å²) in [6.07, 6.45) is 5.99. The van der Waals surface area contributed by atoms with Gasteiger partial charge in [-0.15, -0.1) is 0 Å². The zero-order valence-corrected chi connectivity index (χ0v) is 21.0. The van der Waals surface area contributed by atoms with E-state index in [1.54, 1.807) is 18.3 Å². The molecule has 0 atom stereocenters. The summed E-state index contributed by atoms with van der Waals surface area (Å²) in [4.78, 5) is 15.6. The van der Waals surface area contributed by atoms with Gasteiger partial charge in [0.2, 0.25) is 0 Å². The number of carbonyl (C=O) groups is 1. The Morgan fingerprint density at radius 3 is 2.79 bits per heavy atom. The van der Waals surface area contributed by atoms with Crippen molar-refractivity contribution in [3.05, 3.63) is 74.2 Å². The monoisotopic (exact) mass is 580 g/mol. The minimum atomic E-state index is -1.39. The van der Waals surface area contributed by atoms with Crippen LogP contribution in [0.4, 0.5) is 4.39 Å². The summed E-state index contributed by atoms with van der Waals surface area (Å²) in [5, 5.41) is 14.7. The standard InChI is InChI=1S/C24H23ClFIN4O2/c1-2-12-30-14-16(13-28-30)31-22-17(8-9-19(25)21(22)26)18(23(31)27-10-11-27)7-6-15-4-3-5-20(29-15)24(32)33/h3-5,8-9,13-14H,2,6-7,10-12H2,1H3,(H,32,33). The average molecular weight is 581 g/mol. The number of fused-ring (bicyclic) bond motifs is 1. The van der Waals surface area contributed by atoms with Crippen molar-refractivity contribution in [3.63, 3.8) is 0 Å². The van der Waals surface area contributed by atoms with Crippen LogP contribution in [0, 0.1) is 9.52 Å². The molecule has 0 bridgehead atoms. The third-order valence-electron chi connectivity index (χ3n) is 5.68. The van der Waals surface area contributed by atoms with Crippen LogP contribution in [0.3, 0.4) is 0 Å². The van der Waals surface area contributed by atoms with Gasteiger partial charge in [0.1, 0.15) is 0 Å². The van der Waals surface area contributed by atoms with Gasteiger partial charge in [-0.2, -0.15) is 0 Å². The van der Waals surface area contributed by atoms with E-state index >= 15 is 4.39 Å². The molecule has 5 rings (SSSR count). The number of carboxylic acid groups (broad SMARTS) is 1. The van der Waals surface area contributed by atoms with Crippen LogP contribution < -0.4 is 0 Å². The van der Waals surface area contributed by atoms with Gasteiger partial charge in [0.25, 0.3) is 0 Å². The summed E-state index contributed by atoms with van der Waals surface area (Å²) in [5.41, 5.74) is 3.26. The van der Waals surface area contributed by atoms with E-state index in [-0.39, 0.29) is 10.7 Å². The second kappa shape index (κ2) is 9.06. The topological polar surface area (TPSA) is 72.9 Å². The van der Waals surface area contributed by atoms with Crippen molar-refractivity contribution < 1.29 is 14.3 Å². The molecular weight excluding hydrogens is 558 g/mol. The van der Waals surface area contributed by atoms with Crippen LogP contribution in [-0.4, -0.2) is 39.3 Å². The minimum absolute atomic E-state index is 0.0362. The molecule has 0 radical (unpaired) electrons. The van der Waals surface area contributed by atoms with Gasteiger partial charge in [-0.3, -0.25) is 0 Å². The van der Waals surface area contributed by atoms with E-state index in [1.165, 1.54) is 18.6 Å². The normalized spacial score (nSPS) is 14.2. The maximum absolute atomic E-state index is 15.4. The molecule has 0 spiro atoms. The molecule has 0 unspecified atom stereocenters. The van der Waals surface area contributed by atoms with Crippen molar-refractivity contribution in [2.24, 2.45) is 0 Å². The third-order valence-corrected chi connectivity index (χ3v) is 10.7. The molecule has 9 heteroatoms. The SMILES string of the molecule is CCCn1cc(-n2c(I3CC3)c(CCc3cccc(C(=O)O)n3)c3ccc(Cl)c(F)c32)cn1. The van der Waals surface area contributed by atoms with Gasteiger partial charge < -0.3 is 0 Å². The number of aryl methyl sites for hydroxylation is 3. The summed E-state index contributed by atoms with van der Waals surface area (Å²) in [5.74, 6) is -1.45. The van der Waals surface area contributed by atoms with Crippen molar-refractivity contribution in [3.8, 4) is 5.69 Å². The predicted octanol–water partition coefficient (Wildman–Crippen LogP) is 5.60. The molecular formula is C24H23ClFIN4O2. The average Bonchev–Trinajstić information content (AvgIpc) is 3.45. The van der Waals surface area contributed by atoms with Crippen LogP contribution in [0.25, 0.3) is 16.6 Å². The maximum atomic E-state index is 15.4. The molecule has 6 nitrogen and oxygen atoms in total. The Kier molecular flexibility index (Phi) is 6.13. The Balaban J connectivity index is 1.64. The molecule has 1 fully saturated rings. The molecule has 4 aromatic rings. The van der Waals surface area contributed by atoms with Crippen LogP contribution in [0.1, 0.15) is 35.1 Å². The molecule has 0 aliphatic carbocycles. The molecule has 1 saturated heterocycles. The number of alkyl halides is 2. The number of hydrogen-bond donors (Lipinski definition) is 1. The van der Waals surface area contributed by atoms with Gasteiger partial charge in [0.05, 0.1) is 0 Å². The first-order chi connectivity index (χ1) is 16.0. The van der Waals surface area contributed by atoms with Crippen LogP contribution in [0.5, 0.6) is 0 Å². The Morgan fingerprint density at radius 2 is 2.06 bits per heavy atom. The second-order valence-electron chi connectivity index (χ2n) is 7.98. The van der Waals surface area contributed by atoms with E-state index < -0.39 is 31.6 Å². The van der Waals surface area contributed by atoms with Crippen LogP contribution in [0.15, 0.2) is 42.7 Å². The summed E-state index contributed by atoms with van der Waals surface area (Å²) in [7, 11) is 0. The Morgan fingerprint density at radius 1 is 1.24 bits per heavy atom. The van der Waals surface area contributed by atoms with E-state index in [0.29, 0.717) is 24.1 Å². The summed E-state index contributed by atoms with van der Waals surface area (Å²) >= 11 is 4.82. The number of carboxylic acids is 1. The van der Waals surface area contributed by atoms with Crippen molar-refractivity contribution in [1.82, 2.24) is 19.3 Å². The Hall–Kier alpha value is -2.46. The summed E-state index contributed by atoms with van der Waals surface area (Å²) < 4.78 is 23.1. The number of nitrogens with zero attached hydrogens (tertiary/aromatic N) is 4. The number of rotatable bonds is 8. The van der Waals surface area contributed by atoms with Gasteiger partial charge in [-0.25, -0.2) is 0 Å². The quantitative estimate of drug-likeness (QED) is 0.218. The van der Waals surface area contributed by atoms with Gasteiger partial charge in [0, 0.05) is 0 Å². The number of aromatic nitrogens is 4. The predicted molar refractivity (Wildman–Crippen MR) is 135 cm³/mol. The van der Waals surface area contributed by atoms with Crippen molar-refractivity contribution in [2.75, 3.05) is 8.86 Å². The first-order valence-corrected chi connectivity index (χ1v) is 15.3. The third kappa shape index (κ3) is 4.26. The van der Waals surface area contributed by atoms with E-state index in [0.717, 1.165) is 29.6 Å². The fourth-order valence-corrected chi connectivity index (χ4v) is 9.56. The molecule has 4 heterocycles. The van der Waals surface area contributed by atoms with Crippen molar-refractivity contribution in [1.29, 1.82) is 0 Å². The zero-order chi connectivity index (χ0) is 23.1. The van der Waals surface area contributed by atoms with E-state index in [4.69, 9.17) is 11.6 Å². The number of benzene rings is 1. The molecule has 1 aromatic carbocycles. The van der Waals surface area contributed by atoms with Crippen molar-refractivity contribution >= 4 is 48.3 Å². The van der Waals surface area contributed by atoms with Crippen molar-refractivity contribution in [2.45, 2.75) is 32.7 Å². The Labute approximate surface area is 202 Å². The number of aromatic carboxylic acids is 1. The van der Waals surface area contributed by atoms with E-state index in [1.807, 2.05) is 23.0 Å². The van der Waals surface area contributed by atoms with Gasteiger partial charge in [-0.05, 0) is 0 Å². The number of pyridine rings is 1. The molecule has 0 amide bonds. The van der Waals surface area contributed by atoms with Crippen LogP contribution >= 0.6 is 31.4 Å². The molecule has 1 N–H and O–H groups in total. The van der Waals surface area contributed by atoms with E-state index in [9.17, 15) is 9.90 Å². The second-order valence-corrected chi connectivity index (χ2v) is 14.2. The first-order valence-electron chi connectivity index (χ1n) is 10.8.